The van der Waals surface area contributed by atoms with Crippen molar-refractivity contribution in [3.8, 4) is 11.5 Å². The van der Waals surface area contributed by atoms with Gasteiger partial charge in [-0.05, 0) is 66.9 Å². The van der Waals surface area contributed by atoms with Crippen LogP contribution in [0.1, 0.15) is 17.7 Å². The summed E-state index contributed by atoms with van der Waals surface area (Å²) in [5, 5.41) is 6.83. The molecule has 0 fully saturated rings. The molecule has 5 nitrogen and oxygen atoms in total. The van der Waals surface area contributed by atoms with E-state index in [1.165, 1.54) is 0 Å². The second-order valence-electron chi connectivity index (χ2n) is 8.52. The summed E-state index contributed by atoms with van der Waals surface area (Å²) in [6.07, 6.45) is 2.57. The molecular formula is C28H23FN4O. The van der Waals surface area contributed by atoms with Crippen LogP contribution in [0.5, 0.6) is 0 Å². The van der Waals surface area contributed by atoms with E-state index in [2.05, 4.69) is 20.6 Å². The summed E-state index contributed by atoms with van der Waals surface area (Å²) < 4.78 is 20.1. The average molecular weight is 451 g/mol. The molecule has 0 spiro atoms. The van der Waals surface area contributed by atoms with Gasteiger partial charge in [-0.25, -0.2) is 9.37 Å². The third-order valence-corrected chi connectivity index (χ3v) is 6.10. The number of halogens is 1. The molecule has 6 rings (SSSR count). The summed E-state index contributed by atoms with van der Waals surface area (Å²) in [5.74, 6) is 0.561. The van der Waals surface area contributed by atoms with Gasteiger partial charge in [0.15, 0.2) is 5.58 Å². The van der Waals surface area contributed by atoms with E-state index in [4.69, 9.17) is 4.42 Å². The first-order valence-corrected chi connectivity index (χ1v) is 11.4. The molecule has 0 radical (unpaired) electrons. The molecule has 168 valence electrons. The third kappa shape index (κ3) is 4.10. The quantitative estimate of drug-likeness (QED) is 0.296. The molecule has 0 saturated carbocycles. The van der Waals surface area contributed by atoms with E-state index in [1.807, 2.05) is 78.9 Å². The highest BCUT2D eigenvalue weighted by Gasteiger charge is 2.21. The minimum atomic E-state index is -0.816. The molecule has 1 aliphatic carbocycles. The monoisotopic (exact) mass is 450 g/mol. The van der Waals surface area contributed by atoms with E-state index in [1.54, 1.807) is 6.20 Å². The summed E-state index contributed by atoms with van der Waals surface area (Å²) in [4.78, 5) is 9.11. The molecule has 2 N–H and O–H groups in total. The Morgan fingerprint density at radius 2 is 1.71 bits per heavy atom. The summed E-state index contributed by atoms with van der Waals surface area (Å²) in [6.45, 7) is 0. The average Bonchev–Trinajstić information content (AvgIpc) is 3.29. The number of aryl methyl sites for hydroxylation is 1. The molecule has 34 heavy (non-hydrogen) atoms. The van der Waals surface area contributed by atoms with Crippen molar-refractivity contribution in [1.82, 2.24) is 9.97 Å². The zero-order valence-corrected chi connectivity index (χ0v) is 18.5. The van der Waals surface area contributed by atoms with Gasteiger partial charge >= 0.3 is 0 Å². The molecule has 0 bridgehead atoms. The van der Waals surface area contributed by atoms with Crippen LogP contribution < -0.4 is 10.6 Å². The summed E-state index contributed by atoms with van der Waals surface area (Å²) >= 11 is 0. The Balaban J connectivity index is 1.27. The second kappa shape index (κ2) is 8.63. The van der Waals surface area contributed by atoms with Crippen molar-refractivity contribution < 1.29 is 8.81 Å². The highest BCUT2D eigenvalue weighted by atomic mass is 19.1. The van der Waals surface area contributed by atoms with Crippen molar-refractivity contribution >= 4 is 33.8 Å². The molecule has 0 saturated heterocycles. The van der Waals surface area contributed by atoms with Gasteiger partial charge in [0.25, 0.3) is 0 Å². The lowest BCUT2D eigenvalue weighted by molar-refractivity contribution is 0.300. The van der Waals surface area contributed by atoms with Gasteiger partial charge in [0.1, 0.15) is 11.7 Å². The number of anilines is 4. The zero-order chi connectivity index (χ0) is 22.9. The van der Waals surface area contributed by atoms with Gasteiger partial charge in [0, 0.05) is 52.7 Å². The number of para-hydroxylation sites is 1. The molecule has 0 amide bonds. The van der Waals surface area contributed by atoms with Crippen molar-refractivity contribution in [2.75, 3.05) is 10.6 Å². The fourth-order valence-electron chi connectivity index (χ4n) is 4.41. The molecule has 0 aliphatic heterocycles. The highest BCUT2D eigenvalue weighted by Crippen LogP contribution is 2.32. The summed E-state index contributed by atoms with van der Waals surface area (Å²) in [6, 6.07) is 25.8. The number of nitrogens with zero attached hydrogens (tertiary/aromatic N) is 2. The van der Waals surface area contributed by atoms with Crippen LogP contribution in [0, 0.1) is 0 Å². The predicted molar refractivity (Wildman–Crippen MR) is 134 cm³/mol. The van der Waals surface area contributed by atoms with E-state index < -0.39 is 6.17 Å². The summed E-state index contributed by atoms with van der Waals surface area (Å²) in [5.41, 5.74) is 8.04. The smallest absolute Gasteiger partial charge is 0.227 e. The van der Waals surface area contributed by atoms with Crippen LogP contribution in [0.15, 0.2) is 89.5 Å². The zero-order valence-electron chi connectivity index (χ0n) is 18.5. The number of alkyl halides is 1. The number of pyridine rings is 1. The molecule has 2 aromatic heterocycles. The lowest BCUT2D eigenvalue weighted by Gasteiger charge is -2.21. The Kier molecular flexibility index (Phi) is 5.18. The van der Waals surface area contributed by atoms with Crippen LogP contribution in [0.4, 0.5) is 27.1 Å². The van der Waals surface area contributed by atoms with Gasteiger partial charge in [-0.1, -0.05) is 24.3 Å². The minimum absolute atomic E-state index is 0.396. The Bertz CT molecular complexity index is 1460. The fraction of sp³-hybridized carbons (Fsp3) is 0.143. The lowest BCUT2D eigenvalue weighted by Crippen LogP contribution is -2.17. The Hall–Kier alpha value is -4.19. The number of oxazole rings is 1. The number of aromatic nitrogens is 2. The maximum atomic E-state index is 14.0. The van der Waals surface area contributed by atoms with E-state index in [9.17, 15) is 4.39 Å². The van der Waals surface area contributed by atoms with E-state index in [0.717, 1.165) is 45.1 Å². The van der Waals surface area contributed by atoms with Gasteiger partial charge in [-0.3, -0.25) is 4.98 Å². The van der Waals surface area contributed by atoms with Crippen LogP contribution >= 0.6 is 0 Å². The van der Waals surface area contributed by atoms with Crippen molar-refractivity contribution in [1.29, 1.82) is 0 Å². The number of rotatable bonds is 5. The number of hydrogen-bond donors (Lipinski definition) is 2. The Morgan fingerprint density at radius 3 is 2.62 bits per heavy atom. The van der Waals surface area contributed by atoms with Crippen LogP contribution in [-0.4, -0.2) is 16.1 Å². The predicted octanol–water partition coefficient (Wildman–Crippen LogP) is 7.20. The van der Waals surface area contributed by atoms with Gasteiger partial charge in [0.2, 0.25) is 5.89 Å². The van der Waals surface area contributed by atoms with Crippen LogP contribution in [0.3, 0.4) is 0 Å². The highest BCUT2D eigenvalue weighted by molar-refractivity contribution is 5.82. The molecule has 6 heteroatoms. The van der Waals surface area contributed by atoms with Gasteiger partial charge in [-0.2, -0.15) is 0 Å². The maximum Gasteiger partial charge on any atom is 0.227 e. The topological polar surface area (TPSA) is 63.0 Å². The largest absolute Gasteiger partial charge is 0.436 e. The third-order valence-electron chi connectivity index (χ3n) is 6.10. The van der Waals surface area contributed by atoms with Crippen molar-refractivity contribution in [2.24, 2.45) is 0 Å². The molecule has 3 aromatic carbocycles. The molecular weight excluding hydrogens is 427 g/mol. The first kappa shape index (κ1) is 20.4. The van der Waals surface area contributed by atoms with Crippen molar-refractivity contribution in [3.05, 3.63) is 96.3 Å². The van der Waals surface area contributed by atoms with Crippen LogP contribution in [0.25, 0.3) is 22.6 Å². The van der Waals surface area contributed by atoms with E-state index >= 15 is 0 Å². The molecule has 1 aliphatic rings. The number of nitrogens with one attached hydrogen (secondary N) is 2. The normalized spacial score (nSPS) is 15.1. The van der Waals surface area contributed by atoms with Gasteiger partial charge < -0.3 is 15.1 Å². The van der Waals surface area contributed by atoms with E-state index in [0.29, 0.717) is 30.7 Å². The number of hydrogen-bond acceptors (Lipinski definition) is 5. The standard InChI is InChI=1S/C28H23FN4O/c29-19-9-11-24-23(16-19)25(13-14-30-24)32-22-10-12-26-27(17-22)34-28(33-26)18-5-4-8-21(15-18)31-20-6-2-1-3-7-20/h1-8,10,12-15,17,19,31H,9,11,16H2,(H,30,32). The van der Waals surface area contributed by atoms with Crippen molar-refractivity contribution in [3.63, 3.8) is 0 Å². The SMILES string of the molecule is FC1CCc2nccc(Nc3ccc4nc(-c5cccc(Nc6ccccc6)c5)oc4c3)c2C1. The van der Waals surface area contributed by atoms with E-state index in [-0.39, 0.29) is 0 Å². The molecule has 1 atom stereocenters. The fourth-order valence-corrected chi connectivity index (χ4v) is 4.41. The Morgan fingerprint density at radius 1 is 0.853 bits per heavy atom. The number of fused-ring (bicyclic) bond motifs is 2. The first-order valence-electron chi connectivity index (χ1n) is 11.4. The molecule has 5 aromatic rings. The van der Waals surface area contributed by atoms with Crippen LogP contribution in [0.2, 0.25) is 0 Å². The number of benzene rings is 3. The maximum absolute atomic E-state index is 14.0. The lowest BCUT2D eigenvalue weighted by atomic mass is 9.93. The first-order chi connectivity index (χ1) is 16.7. The van der Waals surface area contributed by atoms with Gasteiger partial charge in [0.05, 0.1) is 0 Å². The Labute approximate surface area is 196 Å². The van der Waals surface area contributed by atoms with Crippen molar-refractivity contribution in [2.45, 2.75) is 25.4 Å². The van der Waals surface area contributed by atoms with Crippen LogP contribution in [-0.2, 0) is 12.8 Å². The second-order valence-corrected chi connectivity index (χ2v) is 8.52. The van der Waals surface area contributed by atoms with Gasteiger partial charge in [-0.15, -0.1) is 0 Å². The minimum Gasteiger partial charge on any atom is -0.436 e. The molecule has 2 heterocycles. The summed E-state index contributed by atoms with van der Waals surface area (Å²) in [7, 11) is 0. The molecule has 1 unspecified atom stereocenters.